The molecule has 162 valence electrons. The van der Waals surface area contributed by atoms with Gasteiger partial charge in [0.2, 0.25) is 0 Å². The van der Waals surface area contributed by atoms with Crippen LogP contribution >= 0.6 is 0 Å². The van der Waals surface area contributed by atoms with Crippen LogP contribution in [0, 0.1) is 5.82 Å². The average Bonchev–Trinajstić information content (AvgIpc) is 3.54. The van der Waals surface area contributed by atoms with Crippen LogP contribution < -0.4 is 5.32 Å². The first-order chi connectivity index (χ1) is 14.3. The number of urea groups is 1. The molecule has 1 aromatic rings. The number of esters is 1. The fraction of sp³-hybridized carbons (Fsp3) is 0.524. The molecule has 1 aromatic carbocycles. The number of amides is 4. The number of rotatable bonds is 9. The van der Waals surface area contributed by atoms with E-state index in [9.17, 15) is 23.6 Å². The summed E-state index contributed by atoms with van der Waals surface area (Å²) in [5, 5.41) is 2.63. The molecule has 1 saturated carbocycles. The van der Waals surface area contributed by atoms with Gasteiger partial charge in [-0.25, -0.2) is 9.18 Å². The molecule has 1 aliphatic carbocycles. The van der Waals surface area contributed by atoms with Gasteiger partial charge in [0.05, 0.1) is 0 Å². The van der Waals surface area contributed by atoms with Crippen molar-refractivity contribution in [1.29, 1.82) is 0 Å². The molecule has 1 saturated heterocycles. The van der Waals surface area contributed by atoms with E-state index in [1.165, 1.54) is 11.0 Å². The lowest BCUT2D eigenvalue weighted by Crippen LogP contribution is -2.46. The molecule has 0 unspecified atom stereocenters. The van der Waals surface area contributed by atoms with Crippen molar-refractivity contribution >= 4 is 23.8 Å². The fourth-order valence-corrected chi connectivity index (χ4v) is 3.57. The normalized spacial score (nSPS) is 17.6. The summed E-state index contributed by atoms with van der Waals surface area (Å²) in [5.41, 5.74) is -0.616. The topological polar surface area (TPSA) is 96.0 Å². The van der Waals surface area contributed by atoms with E-state index in [-0.39, 0.29) is 12.6 Å². The Bertz CT molecular complexity index is 851. The summed E-state index contributed by atoms with van der Waals surface area (Å²) in [5.74, 6) is -2.17. The van der Waals surface area contributed by atoms with E-state index in [2.05, 4.69) is 5.32 Å². The van der Waals surface area contributed by atoms with Crippen molar-refractivity contribution in [3.63, 3.8) is 0 Å². The van der Waals surface area contributed by atoms with Crippen molar-refractivity contribution in [2.75, 3.05) is 13.2 Å². The number of halogens is 1. The minimum atomic E-state index is -1.00. The Kier molecular flexibility index (Phi) is 6.38. The number of carbonyl (C=O) groups is 4. The van der Waals surface area contributed by atoms with Crippen LogP contribution in [0.25, 0.3) is 0 Å². The number of nitrogens with zero attached hydrogens (tertiary/aromatic N) is 2. The predicted molar refractivity (Wildman–Crippen MR) is 104 cm³/mol. The molecular formula is C21H26FN3O5. The van der Waals surface area contributed by atoms with Crippen molar-refractivity contribution in [1.82, 2.24) is 15.1 Å². The first-order valence-electron chi connectivity index (χ1n) is 10.1. The van der Waals surface area contributed by atoms with E-state index in [0.717, 1.165) is 17.7 Å². The number of imide groups is 1. The maximum Gasteiger partial charge on any atom is 0.326 e. The number of nitrogens with one attached hydrogen (secondary N) is 1. The average molecular weight is 419 g/mol. The number of hydrogen-bond acceptors (Lipinski definition) is 5. The van der Waals surface area contributed by atoms with E-state index in [4.69, 9.17) is 4.74 Å². The van der Waals surface area contributed by atoms with Gasteiger partial charge in [0.25, 0.3) is 11.8 Å². The lowest BCUT2D eigenvalue weighted by Gasteiger charge is -2.23. The highest BCUT2D eigenvalue weighted by atomic mass is 19.1. The van der Waals surface area contributed by atoms with Crippen LogP contribution in [0.5, 0.6) is 0 Å². The van der Waals surface area contributed by atoms with Gasteiger partial charge < -0.3 is 15.0 Å². The standard InChI is InChI=1S/C21H26FN3O5/c1-3-21(4-2)19(28)25(20(29)23-21)12-18(27)30-13-17(26)24(15-9-10-15)11-14-7-5-6-8-16(14)22/h5-8,15H,3-4,9-13H2,1-2H3,(H,23,29). The van der Waals surface area contributed by atoms with E-state index < -0.39 is 48.3 Å². The molecule has 4 amide bonds. The SMILES string of the molecule is CCC1(CC)NC(=O)N(CC(=O)OCC(=O)N(Cc2ccccc2F)C2CC2)C1=O. The van der Waals surface area contributed by atoms with Crippen LogP contribution in [0.15, 0.2) is 24.3 Å². The zero-order valence-electron chi connectivity index (χ0n) is 17.2. The van der Waals surface area contributed by atoms with Crippen LogP contribution in [0.3, 0.4) is 0 Å². The Hall–Kier alpha value is -2.97. The molecule has 2 fully saturated rings. The quantitative estimate of drug-likeness (QED) is 0.488. The van der Waals surface area contributed by atoms with Crippen molar-refractivity contribution in [2.45, 2.75) is 57.7 Å². The highest BCUT2D eigenvalue weighted by molar-refractivity contribution is 6.08. The Balaban J connectivity index is 1.56. The maximum atomic E-state index is 13.9. The van der Waals surface area contributed by atoms with Crippen molar-refractivity contribution in [2.24, 2.45) is 0 Å². The monoisotopic (exact) mass is 419 g/mol. The molecule has 0 bridgehead atoms. The van der Waals surface area contributed by atoms with Gasteiger partial charge in [-0.15, -0.1) is 0 Å². The van der Waals surface area contributed by atoms with E-state index >= 15 is 0 Å². The second-order valence-electron chi connectivity index (χ2n) is 7.62. The first-order valence-corrected chi connectivity index (χ1v) is 10.1. The molecule has 8 nitrogen and oxygen atoms in total. The summed E-state index contributed by atoms with van der Waals surface area (Å²) in [7, 11) is 0. The fourth-order valence-electron chi connectivity index (χ4n) is 3.57. The summed E-state index contributed by atoms with van der Waals surface area (Å²) >= 11 is 0. The second kappa shape index (κ2) is 8.81. The van der Waals surface area contributed by atoms with Gasteiger partial charge in [0, 0.05) is 18.2 Å². The molecule has 1 aliphatic heterocycles. The minimum Gasteiger partial charge on any atom is -0.454 e. The van der Waals surface area contributed by atoms with Crippen molar-refractivity contribution < 1.29 is 28.3 Å². The highest BCUT2D eigenvalue weighted by Gasteiger charge is 2.49. The van der Waals surface area contributed by atoms with Crippen molar-refractivity contribution in [3.05, 3.63) is 35.6 Å². The van der Waals surface area contributed by atoms with Gasteiger partial charge in [-0.2, -0.15) is 0 Å². The lowest BCUT2D eigenvalue weighted by atomic mass is 9.93. The molecule has 3 rings (SSSR count). The predicted octanol–water partition coefficient (Wildman–Crippen LogP) is 1.97. The Morgan fingerprint density at radius 1 is 1.23 bits per heavy atom. The van der Waals surface area contributed by atoms with Gasteiger partial charge in [0.15, 0.2) is 6.61 Å². The van der Waals surface area contributed by atoms with E-state index in [0.29, 0.717) is 18.4 Å². The maximum absolute atomic E-state index is 13.9. The van der Waals surface area contributed by atoms with Gasteiger partial charge in [0.1, 0.15) is 17.9 Å². The van der Waals surface area contributed by atoms with Gasteiger partial charge in [-0.05, 0) is 31.7 Å². The summed E-state index contributed by atoms with van der Waals surface area (Å²) in [6, 6.07) is 5.55. The summed E-state index contributed by atoms with van der Waals surface area (Å²) < 4.78 is 19.0. The smallest absolute Gasteiger partial charge is 0.326 e. The molecule has 1 N–H and O–H groups in total. The van der Waals surface area contributed by atoms with Crippen LogP contribution in [0.4, 0.5) is 9.18 Å². The van der Waals surface area contributed by atoms with Crippen LogP contribution in [0.1, 0.15) is 45.1 Å². The third kappa shape index (κ3) is 4.44. The first kappa shape index (κ1) is 21.7. The van der Waals surface area contributed by atoms with Crippen LogP contribution in [-0.2, 0) is 25.7 Å². The number of benzene rings is 1. The zero-order valence-corrected chi connectivity index (χ0v) is 17.2. The van der Waals surface area contributed by atoms with Gasteiger partial charge >= 0.3 is 12.0 Å². The molecule has 1 heterocycles. The summed E-state index contributed by atoms with van der Waals surface area (Å²) in [6.45, 7) is 2.57. The third-order valence-electron chi connectivity index (χ3n) is 5.70. The van der Waals surface area contributed by atoms with Crippen molar-refractivity contribution in [3.8, 4) is 0 Å². The lowest BCUT2D eigenvalue weighted by molar-refractivity contribution is -0.154. The van der Waals surface area contributed by atoms with Crippen LogP contribution in [-0.4, -0.2) is 58.3 Å². The Morgan fingerprint density at radius 3 is 2.47 bits per heavy atom. The molecule has 0 atom stereocenters. The highest BCUT2D eigenvalue weighted by Crippen LogP contribution is 2.29. The molecular weight excluding hydrogens is 393 g/mol. The zero-order chi connectivity index (χ0) is 21.9. The third-order valence-corrected chi connectivity index (χ3v) is 5.70. The second-order valence-corrected chi connectivity index (χ2v) is 7.62. The molecule has 0 radical (unpaired) electrons. The van der Waals surface area contributed by atoms with Crippen LogP contribution in [0.2, 0.25) is 0 Å². The molecule has 0 spiro atoms. The molecule has 30 heavy (non-hydrogen) atoms. The number of carbonyl (C=O) groups excluding carboxylic acids is 4. The Morgan fingerprint density at radius 2 is 1.90 bits per heavy atom. The number of ether oxygens (including phenoxy) is 1. The molecule has 9 heteroatoms. The summed E-state index contributed by atoms with van der Waals surface area (Å²) in [4.78, 5) is 51.7. The summed E-state index contributed by atoms with van der Waals surface area (Å²) in [6.07, 6.45) is 2.44. The largest absolute Gasteiger partial charge is 0.454 e. The van der Waals surface area contributed by atoms with E-state index in [1.54, 1.807) is 32.0 Å². The molecule has 0 aromatic heterocycles. The van der Waals surface area contributed by atoms with E-state index in [1.807, 2.05) is 0 Å². The number of hydrogen-bond donors (Lipinski definition) is 1. The van der Waals surface area contributed by atoms with Gasteiger partial charge in [-0.3, -0.25) is 19.3 Å². The van der Waals surface area contributed by atoms with Gasteiger partial charge in [-0.1, -0.05) is 32.0 Å². The Labute approximate surface area is 174 Å². The minimum absolute atomic E-state index is 0.00327. The molecule has 2 aliphatic rings.